The highest BCUT2D eigenvalue weighted by atomic mass is 16.5. The molecule has 0 spiro atoms. The molecule has 0 unspecified atom stereocenters. The van der Waals surface area contributed by atoms with Gasteiger partial charge in [0.15, 0.2) is 11.5 Å². The lowest BCUT2D eigenvalue weighted by Crippen LogP contribution is -2.41. The number of rotatable bonds is 6. The molecule has 1 aliphatic rings. The van der Waals surface area contributed by atoms with Crippen LogP contribution in [0.1, 0.15) is 50.8 Å². The van der Waals surface area contributed by atoms with E-state index in [4.69, 9.17) is 9.47 Å². The van der Waals surface area contributed by atoms with E-state index in [0.29, 0.717) is 18.0 Å². The van der Waals surface area contributed by atoms with Gasteiger partial charge in [0.2, 0.25) is 5.91 Å². The van der Waals surface area contributed by atoms with Crippen LogP contribution in [0.15, 0.2) is 12.1 Å². The smallest absolute Gasteiger partial charge is 0.223 e. The van der Waals surface area contributed by atoms with Crippen molar-refractivity contribution in [1.82, 2.24) is 4.90 Å². The predicted molar refractivity (Wildman–Crippen MR) is 91.4 cm³/mol. The van der Waals surface area contributed by atoms with Crippen LogP contribution in [-0.4, -0.2) is 37.5 Å². The zero-order valence-electron chi connectivity index (χ0n) is 15.5. The number of hydrogen-bond acceptors (Lipinski definition) is 5. The van der Waals surface area contributed by atoms with E-state index in [1.807, 2.05) is 24.0 Å². The number of methoxy groups -OCH3 is 2. The Morgan fingerprint density at radius 1 is 1.20 bits per heavy atom. The van der Waals surface area contributed by atoms with Gasteiger partial charge in [-0.2, -0.15) is 0 Å². The van der Waals surface area contributed by atoms with Crippen LogP contribution in [-0.2, 0) is 16.0 Å². The van der Waals surface area contributed by atoms with Crippen LogP contribution < -0.4 is 14.6 Å². The second-order valence-electron chi connectivity index (χ2n) is 7.31. The first-order valence-electron chi connectivity index (χ1n) is 8.42. The maximum atomic E-state index is 12.7. The molecule has 1 aromatic carbocycles. The fraction of sp³-hybridized carbons (Fsp3) is 0.579. The van der Waals surface area contributed by atoms with E-state index in [1.165, 1.54) is 0 Å². The number of ether oxygens (including phenoxy) is 2. The molecule has 0 N–H and O–H groups in total. The third kappa shape index (κ3) is 4.24. The fourth-order valence-electron chi connectivity index (χ4n) is 3.45. The molecule has 6 heteroatoms. The van der Waals surface area contributed by atoms with Gasteiger partial charge in [0.1, 0.15) is 0 Å². The number of hydrogen-bond donors (Lipinski definition) is 0. The van der Waals surface area contributed by atoms with E-state index in [0.717, 1.165) is 17.5 Å². The van der Waals surface area contributed by atoms with E-state index in [1.54, 1.807) is 28.1 Å². The molecule has 1 aliphatic heterocycles. The molecule has 25 heavy (non-hydrogen) atoms. The Morgan fingerprint density at radius 2 is 1.80 bits per heavy atom. The summed E-state index contributed by atoms with van der Waals surface area (Å²) in [6, 6.07) is 3.78. The number of aliphatic carboxylic acids is 1. The first-order valence-corrected chi connectivity index (χ1v) is 8.42. The van der Waals surface area contributed by atoms with Gasteiger partial charge in [-0.3, -0.25) is 4.79 Å². The third-order valence-corrected chi connectivity index (χ3v) is 4.76. The molecule has 1 aromatic rings. The van der Waals surface area contributed by atoms with Crippen molar-refractivity contribution in [2.45, 2.75) is 46.1 Å². The van der Waals surface area contributed by atoms with Gasteiger partial charge in [-0.25, -0.2) is 0 Å². The van der Waals surface area contributed by atoms with E-state index in [9.17, 15) is 14.7 Å². The Bertz CT molecular complexity index is 668. The molecule has 0 saturated carbocycles. The topological polar surface area (TPSA) is 78.9 Å². The first-order chi connectivity index (χ1) is 11.7. The number of carbonyl (C=O) groups excluding carboxylic acids is 2. The van der Waals surface area contributed by atoms with E-state index < -0.39 is 11.4 Å². The van der Waals surface area contributed by atoms with Gasteiger partial charge in [0, 0.05) is 18.9 Å². The Morgan fingerprint density at radius 3 is 2.36 bits per heavy atom. The predicted octanol–water partition coefficient (Wildman–Crippen LogP) is 1.71. The van der Waals surface area contributed by atoms with Gasteiger partial charge in [-0.05, 0) is 48.4 Å². The molecule has 0 fully saturated rings. The maximum absolute atomic E-state index is 12.7. The summed E-state index contributed by atoms with van der Waals surface area (Å²) in [5.74, 6) is 0.147. The van der Waals surface area contributed by atoms with Gasteiger partial charge in [0.25, 0.3) is 0 Å². The molecule has 1 atom stereocenters. The Balaban J connectivity index is 2.22. The monoisotopic (exact) mass is 348 g/mol. The molecule has 2 rings (SSSR count). The highest BCUT2D eigenvalue weighted by Gasteiger charge is 2.32. The van der Waals surface area contributed by atoms with Crippen LogP contribution in [0.25, 0.3) is 0 Å². The van der Waals surface area contributed by atoms with Gasteiger partial charge in [-0.1, -0.05) is 13.8 Å². The maximum Gasteiger partial charge on any atom is 0.223 e. The second kappa shape index (κ2) is 7.33. The fourth-order valence-corrected chi connectivity index (χ4v) is 3.45. The van der Waals surface area contributed by atoms with Crippen LogP contribution in [0.4, 0.5) is 0 Å². The highest BCUT2D eigenvalue weighted by molar-refractivity contribution is 5.79. The number of benzene rings is 1. The highest BCUT2D eigenvalue weighted by Crippen LogP contribution is 2.38. The molecule has 1 heterocycles. The van der Waals surface area contributed by atoms with Crippen molar-refractivity contribution < 1.29 is 24.2 Å². The van der Waals surface area contributed by atoms with Crippen molar-refractivity contribution >= 4 is 11.9 Å². The minimum absolute atomic E-state index is 0.0424. The van der Waals surface area contributed by atoms with E-state index >= 15 is 0 Å². The number of carbonyl (C=O) groups is 2. The summed E-state index contributed by atoms with van der Waals surface area (Å²) in [4.78, 5) is 25.4. The van der Waals surface area contributed by atoms with Crippen LogP contribution >= 0.6 is 0 Å². The Kier molecular flexibility index (Phi) is 5.60. The van der Waals surface area contributed by atoms with Crippen molar-refractivity contribution in [3.05, 3.63) is 23.3 Å². The summed E-state index contributed by atoms with van der Waals surface area (Å²) in [5.41, 5.74) is 1.55. The molecule has 6 nitrogen and oxygen atoms in total. The lowest BCUT2D eigenvalue weighted by atomic mass is 9.84. The van der Waals surface area contributed by atoms with Crippen LogP contribution in [0, 0.1) is 5.41 Å². The summed E-state index contributed by atoms with van der Waals surface area (Å²) in [6.45, 7) is 6.13. The van der Waals surface area contributed by atoms with Gasteiger partial charge in [0.05, 0.1) is 20.3 Å². The van der Waals surface area contributed by atoms with Crippen LogP contribution in [0.3, 0.4) is 0 Å². The summed E-state index contributed by atoms with van der Waals surface area (Å²) in [6.07, 6.45) is 0.767. The summed E-state index contributed by atoms with van der Waals surface area (Å²) < 4.78 is 10.7. The van der Waals surface area contributed by atoms with Gasteiger partial charge < -0.3 is 24.3 Å². The Hall–Kier alpha value is -2.24. The molecule has 1 amide bonds. The van der Waals surface area contributed by atoms with Crippen molar-refractivity contribution in [1.29, 1.82) is 0 Å². The molecule has 138 valence electrons. The van der Waals surface area contributed by atoms with Crippen LogP contribution in [0.2, 0.25) is 0 Å². The number of nitrogens with zero attached hydrogens (tertiary/aromatic N) is 1. The molecular formula is C19H26NO5-. The summed E-state index contributed by atoms with van der Waals surface area (Å²) >= 11 is 0. The zero-order chi connectivity index (χ0) is 18.8. The van der Waals surface area contributed by atoms with E-state index in [-0.39, 0.29) is 24.8 Å². The van der Waals surface area contributed by atoms with Crippen molar-refractivity contribution in [3.8, 4) is 11.5 Å². The average molecular weight is 348 g/mol. The molecular weight excluding hydrogens is 322 g/mol. The third-order valence-electron chi connectivity index (χ3n) is 4.76. The van der Waals surface area contributed by atoms with Gasteiger partial charge >= 0.3 is 0 Å². The molecule has 0 bridgehead atoms. The lowest BCUT2D eigenvalue weighted by Gasteiger charge is -2.37. The zero-order valence-corrected chi connectivity index (χ0v) is 15.5. The van der Waals surface area contributed by atoms with E-state index in [2.05, 4.69) is 0 Å². The van der Waals surface area contributed by atoms with Crippen LogP contribution in [0.5, 0.6) is 11.5 Å². The first kappa shape index (κ1) is 19.1. The average Bonchev–Trinajstić information content (AvgIpc) is 2.52. The molecule has 0 aromatic heterocycles. The van der Waals surface area contributed by atoms with Crippen molar-refractivity contribution in [2.75, 3.05) is 20.8 Å². The minimum atomic E-state index is -1.13. The summed E-state index contributed by atoms with van der Waals surface area (Å²) in [5, 5.41) is 10.9. The number of carboxylic acids is 1. The summed E-state index contributed by atoms with van der Waals surface area (Å²) in [7, 11) is 3.19. The lowest BCUT2D eigenvalue weighted by molar-refractivity contribution is -0.307. The quantitative estimate of drug-likeness (QED) is 0.782. The van der Waals surface area contributed by atoms with Gasteiger partial charge in [-0.15, -0.1) is 0 Å². The number of amides is 1. The minimum Gasteiger partial charge on any atom is -0.550 e. The molecule has 0 aliphatic carbocycles. The van der Waals surface area contributed by atoms with Crippen molar-refractivity contribution in [2.24, 2.45) is 5.41 Å². The second-order valence-corrected chi connectivity index (χ2v) is 7.31. The normalized spacial score (nSPS) is 17.0. The number of fused-ring (bicyclic) bond motifs is 1. The largest absolute Gasteiger partial charge is 0.550 e. The number of carboxylic acid groups (broad SMARTS) is 1. The Labute approximate surface area is 148 Å². The van der Waals surface area contributed by atoms with Crippen molar-refractivity contribution in [3.63, 3.8) is 0 Å². The molecule has 0 radical (unpaired) electrons. The SMILES string of the molecule is COc1cc2c(cc1OC)[C@H](C)N(C(=O)CC(C)(C)CC(=O)[O-])CC2. The molecule has 0 saturated heterocycles. The standard InChI is InChI=1S/C19H27NO5/c1-12-14-9-16(25-5)15(24-4)8-13(14)6-7-20(12)17(21)10-19(2,3)11-18(22)23/h8-9,12H,6-7,10-11H2,1-5H3,(H,22,23)/p-1/t12-/m0/s1.